The van der Waals surface area contributed by atoms with Crippen LogP contribution in [-0.2, 0) is 11.0 Å². The molecule has 2 aromatic rings. The fraction of sp³-hybridized carbons (Fsp3) is 0.429. The average Bonchev–Trinajstić information content (AvgIpc) is 3.42. The Labute approximate surface area is 186 Å². The summed E-state index contributed by atoms with van der Waals surface area (Å²) in [7, 11) is 0. The third-order valence-corrected chi connectivity index (χ3v) is 7.07. The van der Waals surface area contributed by atoms with Gasteiger partial charge in [0.2, 0.25) is 5.91 Å². The largest absolute Gasteiger partial charge is 0.417 e. The molecule has 7 nitrogen and oxygen atoms in total. The lowest BCUT2D eigenvalue weighted by Crippen LogP contribution is -2.47. The van der Waals surface area contributed by atoms with Crippen molar-refractivity contribution >= 4 is 28.8 Å². The summed E-state index contributed by atoms with van der Waals surface area (Å²) in [4.78, 5) is 32.4. The van der Waals surface area contributed by atoms with Crippen LogP contribution in [0, 0.1) is 22.7 Å². The van der Waals surface area contributed by atoms with Crippen LogP contribution in [0.15, 0.2) is 29.1 Å². The first-order valence-corrected chi connectivity index (χ1v) is 10.9. The lowest BCUT2D eigenvalue weighted by molar-refractivity contribution is -0.137. The van der Waals surface area contributed by atoms with Crippen LogP contribution < -0.4 is 10.6 Å². The van der Waals surface area contributed by atoms with Crippen LogP contribution in [0.2, 0.25) is 0 Å². The molecule has 4 rings (SSSR count). The lowest BCUT2D eigenvalue weighted by Gasteiger charge is -2.42. The normalized spacial score (nSPS) is 20.4. The summed E-state index contributed by atoms with van der Waals surface area (Å²) in [5.74, 6) is -1.26. The van der Waals surface area contributed by atoms with Gasteiger partial charge < -0.3 is 15.5 Å². The van der Waals surface area contributed by atoms with Gasteiger partial charge in [-0.25, -0.2) is 4.98 Å². The van der Waals surface area contributed by atoms with E-state index in [4.69, 9.17) is 11.0 Å². The number of rotatable bonds is 3. The third kappa shape index (κ3) is 3.90. The fourth-order valence-electron chi connectivity index (χ4n) is 4.77. The van der Waals surface area contributed by atoms with Gasteiger partial charge in [0.05, 0.1) is 28.6 Å². The van der Waals surface area contributed by atoms with E-state index in [0.717, 1.165) is 6.07 Å². The smallest absolute Gasteiger partial charge is 0.371 e. The minimum atomic E-state index is -4.63. The van der Waals surface area contributed by atoms with Gasteiger partial charge in [-0.1, -0.05) is 0 Å². The predicted molar refractivity (Wildman–Crippen MR) is 111 cm³/mol. The van der Waals surface area contributed by atoms with Crippen LogP contribution in [-0.4, -0.2) is 47.9 Å². The monoisotopic (exact) mass is 463 g/mol. The number of aromatic nitrogens is 1. The zero-order valence-corrected chi connectivity index (χ0v) is 17.7. The quantitative estimate of drug-likeness (QED) is 0.754. The minimum Gasteiger partial charge on any atom is -0.371 e. The predicted octanol–water partition coefficient (Wildman–Crippen LogP) is 2.88. The number of carbonyl (C=O) groups excluding carboxylic acids is 2. The highest BCUT2D eigenvalue weighted by molar-refractivity contribution is 7.07. The molecule has 0 aliphatic carbocycles. The van der Waals surface area contributed by atoms with Crippen molar-refractivity contribution in [2.75, 3.05) is 31.1 Å². The Morgan fingerprint density at radius 3 is 2.56 bits per heavy atom. The van der Waals surface area contributed by atoms with Crippen molar-refractivity contribution in [2.45, 2.75) is 19.0 Å². The summed E-state index contributed by atoms with van der Waals surface area (Å²) < 4.78 is 40.0. The van der Waals surface area contributed by atoms with Crippen LogP contribution in [0.3, 0.4) is 0 Å². The van der Waals surface area contributed by atoms with Gasteiger partial charge in [0, 0.05) is 42.7 Å². The standard InChI is InChI=1S/C21H20F3N5O2S/c22-21(23,24)15-7-14(2-1-13(15)8-25)28-5-3-20(4-6-28)11-29(9-16(20)18(26)30)19(31)17-10-32-12-27-17/h1-2,7,10,12,16H,3-6,9,11H2,(H2,26,30). The molecule has 1 spiro atoms. The molecular weight excluding hydrogens is 443 g/mol. The second kappa shape index (κ2) is 8.09. The molecule has 2 saturated heterocycles. The fourth-order valence-corrected chi connectivity index (χ4v) is 5.30. The van der Waals surface area contributed by atoms with E-state index in [1.807, 2.05) is 4.90 Å². The number of likely N-dealkylation sites (tertiary alicyclic amines) is 1. The maximum absolute atomic E-state index is 13.3. The van der Waals surface area contributed by atoms with Crippen LogP contribution >= 0.6 is 11.3 Å². The maximum Gasteiger partial charge on any atom is 0.417 e. The van der Waals surface area contributed by atoms with Gasteiger partial charge in [-0.15, -0.1) is 11.3 Å². The van der Waals surface area contributed by atoms with Gasteiger partial charge in [-0.3, -0.25) is 9.59 Å². The number of anilines is 1. The molecule has 3 heterocycles. The zero-order chi connectivity index (χ0) is 23.1. The van der Waals surface area contributed by atoms with Crippen molar-refractivity contribution in [2.24, 2.45) is 17.1 Å². The van der Waals surface area contributed by atoms with E-state index < -0.39 is 34.5 Å². The molecule has 1 aromatic carbocycles. The van der Waals surface area contributed by atoms with E-state index in [0.29, 0.717) is 43.9 Å². The molecule has 0 saturated carbocycles. The number of nitrogens with zero attached hydrogens (tertiary/aromatic N) is 4. The molecule has 2 fully saturated rings. The third-order valence-electron chi connectivity index (χ3n) is 6.48. The number of alkyl halides is 3. The van der Waals surface area contributed by atoms with Crippen molar-refractivity contribution in [1.82, 2.24) is 9.88 Å². The summed E-state index contributed by atoms with van der Waals surface area (Å²) in [5.41, 5.74) is 6.02. The number of halogens is 3. The molecule has 1 aromatic heterocycles. The van der Waals surface area contributed by atoms with Gasteiger partial charge in [0.25, 0.3) is 5.91 Å². The number of carbonyl (C=O) groups is 2. The van der Waals surface area contributed by atoms with Gasteiger partial charge in [-0.05, 0) is 31.0 Å². The average molecular weight is 463 g/mol. The van der Waals surface area contributed by atoms with Gasteiger partial charge in [0.1, 0.15) is 5.69 Å². The summed E-state index contributed by atoms with van der Waals surface area (Å²) >= 11 is 1.31. The molecule has 1 atom stereocenters. The SMILES string of the molecule is N#Cc1ccc(N2CCC3(CC2)CN(C(=O)c2cscn2)CC3C(N)=O)cc1C(F)(F)F. The van der Waals surface area contributed by atoms with E-state index in [2.05, 4.69) is 4.98 Å². The number of hydrogen-bond acceptors (Lipinski definition) is 6. The number of benzene rings is 1. The number of amides is 2. The summed E-state index contributed by atoms with van der Waals surface area (Å²) in [6.07, 6.45) is -3.62. The molecule has 0 radical (unpaired) electrons. The molecular formula is C21H20F3N5O2S. The van der Waals surface area contributed by atoms with Crippen LogP contribution in [0.5, 0.6) is 0 Å². The van der Waals surface area contributed by atoms with Gasteiger partial charge in [0.15, 0.2) is 0 Å². The molecule has 32 heavy (non-hydrogen) atoms. The van der Waals surface area contributed by atoms with Crippen LogP contribution in [0.25, 0.3) is 0 Å². The number of nitrogens with two attached hydrogens (primary N) is 1. The van der Waals surface area contributed by atoms with Crippen LogP contribution in [0.4, 0.5) is 18.9 Å². The van der Waals surface area contributed by atoms with Crippen molar-refractivity contribution in [3.8, 4) is 6.07 Å². The Balaban J connectivity index is 1.53. The molecule has 2 aliphatic heterocycles. The Hall–Kier alpha value is -3.13. The lowest BCUT2D eigenvalue weighted by atomic mass is 9.70. The van der Waals surface area contributed by atoms with Crippen LogP contribution in [0.1, 0.15) is 34.5 Å². The highest BCUT2D eigenvalue weighted by atomic mass is 32.1. The molecule has 1 unspecified atom stereocenters. The topological polar surface area (TPSA) is 103 Å². The second-order valence-corrected chi connectivity index (χ2v) is 8.92. The molecule has 11 heteroatoms. The van der Waals surface area contributed by atoms with E-state index in [1.165, 1.54) is 23.5 Å². The van der Waals surface area contributed by atoms with E-state index in [1.54, 1.807) is 21.9 Å². The Kier molecular flexibility index (Phi) is 5.58. The van der Waals surface area contributed by atoms with Crippen molar-refractivity contribution in [3.63, 3.8) is 0 Å². The van der Waals surface area contributed by atoms with Crippen molar-refractivity contribution < 1.29 is 22.8 Å². The number of primary amides is 1. The first kappa shape index (κ1) is 22.1. The molecule has 168 valence electrons. The van der Waals surface area contributed by atoms with Gasteiger partial charge in [-0.2, -0.15) is 18.4 Å². The van der Waals surface area contributed by atoms with Gasteiger partial charge >= 0.3 is 6.18 Å². The Morgan fingerprint density at radius 1 is 1.28 bits per heavy atom. The summed E-state index contributed by atoms with van der Waals surface area (Å²) in [6, 6.07) is 5.26. The van der Waals surface area contributed by atoms with E-state index in [-0.39, 0.29) is 12.5 Å². The number of nitriles is 1. The van der Waals surface area contributed by atoms with Crippen molar-refractivity contribution in [1.29, 1.82) is 5.26 Å². The summed E-state index contributed by atoms with van der Waals surface area (Å²) in [5, 5.41) is 10.6. The molecule has 2 N–H and O–H groups in total. The highest BCUT2D eigenvalue weighted by Crippen LogP contribution is 2.46. The summed E-state index contributed by atoms with van der Waals surface area (Å²) in [6.45, 7) is 1.38. The molecule has 2 amide bonds. The Morgan fingerprint density at radius 2 is 2.00 bits per heavy atom. The first-order valence-electron chi connectivity index (χ1n) is 9.98. The zero-order valence-electron chi connectivity index (χ0n) is 16.9. The first-order chi connectivity index (χ1) is 15.1. The molecule has 0 bridgehead atoms. The molecule has 2 aliphatic rings. The maximum atomic E-state index is 13.3. The number of thiazole rings is 1. The van der Waals surface area contributed by atoms with E-state index in [9.17, 15) is 22.8 Å². The second-order valence-electron chi connectivity index (χ2n) is 8.20. The minimum absolute atomic E-state index is 0.209. The number of hydrogen-bond donors (Lipinski definition) is 1. The number of piperidine rings is 1. The highest BCUT2D eigenvalue weighted by Gasteiger charge is 2.52. The van der Waals surface area contributed by atoms with E-state index >= 15 is 0 Å². The Bertz CT molecular complexity index is 1070. The van der Waals surface area contributed by atoms with Crippen molar-refractivity contribution in [3.05, 3.63) is 45.9 Å².